The van der Waals surface area contributed by atoms with Gasteiger partial charge in [0.25, 0.3) is 0 Å². The molecule has 15 heavy (non-hydrogen) atoms. The lowest BCUT2D eigenvalue weighted by Crippen LogP contribution is -2.09. The summed E-state index contributed by atoms with van der Waals surface area (Å²) in [6.45, 7) is 1.28. The Kier molecular flexibility index (Phi) is 6.00. The third-order valence-corrected chi connectivity index (χ3v) is 2.12. The van der Waals surface area contributed by atoms with E-state index in [0.717, 1.165) is 6.42 Å². The molecule has 0 fully saturated rings. The summed E-state index contributed by atoms with van der Waals surface area (Å²) in [7, 11) is 1.50. The zero-order valence-corrected chi connectivity index (χ0v) is 9.06. The molecule has 0 amide bonds. The maximum absolute atomic E-state index is 9.10. The number of rotatable bonds is 7. The van der Waals surface area contributed by atoms with Crippen LogP contribution in [-0.4, -0.2) is 25.1 Å². The molecule has 84 valence electrons. The molecule has 0 aliphatic rings. The van der Waals surface area contributed by atoms with E-state index in [2.05, 4.69) is 0 Å². The van der Waals surface area contributed by atoms with E-state index in [9.17, 15) is 0 Å². The van der Waals surface area contributed by atoms with Crippen molar-refractivity contribution in [2.45, 2.75) is 25.7 Å². The lowest BCUT2D eigenvalue weighted by atomic mass is 10.2. The van der Waals surface area contributed by atoms with E-state index in [1.165, 1.54) is 12.7 Å². The van der Waals surface area contributed by atoms with Gasteiger partial charge in [-0.05, 0) is 12.0 Å². The van der Waals surface area contributed by atoms with E-state index in [4.69, 9.17) is 14.6 Å². The Labute approximate surface area is 90.6 Å². The highest BCUT2D eigenvalue weighted by Crippen LogP contribution is 2.02. The topological polar surface area (TPSA) is 38.7 Å². The smallest absolute Gasteiger partial charge is 0.154 e. The minimum Gasteiger partial charge on any atom is -0.377 e. The Hall–Kier alpha value is -0.900. The first-order valence-corrected chi connectivity index (χ1v) is 5.15. The highest BCUT2D eigenvalue weighted by atomic mass is 16.6. The van der Waals surface area contributed by atoms with Gasteiger partial charge in [0.2, 0.25) is 0 Å². The molecule has 1 unspecified atom stereocenters. The number of methoxy groups -OCH3 is 1. The first-order chi connectivity index (χ1) is 7.33. The van der Waals surface area contributed by atoms with Crippen LogP contribution >= 0.6 is 0 Å². The van der Waals surface area contributed by atoms with E-state index in [1.807, 2.05) is 30.3 Å². The van der Waals surface area contributed by atoms with Gasteiger partial charge in [0.05, 0.1) is 6.61 Å². The second-order valence-electron chi connectivity index (χ2n) is 3.37. The molecule has 0 heterocycles. The molecule has 1 aromatic carbocycles. The van der Waals surface area contributed by atoms with Crippen molar-refractivity contribution in [1.82, 2.24) is 0 Å². The Balaban J connectivity index is 2.03. The summed E-state index contributed by atoms with van der Waals surface area (Å²) in [6, 6.07) is 10.0. The third-order valence-electron chi connectivity index (χ3n) is 2.12. The number of aliphatic hydroxyl groups is 1. The van der Waals surface area contributed by atoms with E-state index < -0.39 is 6.29 Å². The van der Waals surface area contributed by atoms with Crippen LogP contribution < -0.4 is 0 Å². The standard InChI is InChI=1S/C12H18O3/c1-14-12(13)8-5-9-15-10-11-6-3-2-4-7-11/h2-4,6-7,12-13H,5,8-10H2,1H3. The van der Waals surface area contributed by atoms with Crippen LogP contribution in [0, 0.1) is 0 Å². The molecule has 0 bridgehead atoms. The highest BCUT2D eigenvalue weighted by molar-refractivity contribution is 5.13. The molecule has 1 N–H and O–H groups in total. The molecule has 3 heteroatoms. The normalized spacial score (nSPS) is 12.7. The summed E-state index contributed by atoms with van der Waals surface area (Å²) < 4.78 is 10.2. The predicted octanol–water partition coefficient (Wildman–Crippen LogP) is 1.95. The average molecular weight is 210 g/mol. The van der Waals surface area contributed by atoms with Crippen LogP contribution in [0.3, 0.4) is 0 Å². The van der Waals surface area contributed by atoms with Gasteiger partial charge in [-0.1, -0.05) is 30.3 Å². The van der Waals surface area contributed by atoms with Crippen molar-refractivity contribution >= 4 is 0 Å². The third kappa shape index (κ3) is 5.52. The van der Waals surface area contributed by atoms with Crippen molar-refractivity contribution in [2.75, 3.05) is 13.7 Å². The van der Waals surface area contributed by atoms with E-state index in [0.29, 0.717) is 19.6 Å². The molecule has 0 aliphatic carbocycles. The quantitative estimate of drug-likeness (QED) is 0.552. The van der Waals surface area contributed by atoms with Gasteiger partial charge in [0.15, 0.2) is 6.29 Å². The lowest BCUT2D eigenvalue weighted by Gasteiger charge is -2.08. The van der Waals surface area contributed by atoms with Gasteiger partial charge in [-0.3, -0.25) is 0 Å². The van der Waals surface area contributed by atoms with Crippen LogP contribution in [0.5, 0.6) is 0 Å². The van der Waals surface area contributed by atoms with Crippen molar-refractivity contribution in [1.29, 1.82) is 0 Å². The summed E-state index contributed by atoms with van der Waals surface area (Å²) >= 11 is 0. The van der Waals surface area contributed by atoms with Crippen molar-refractivity contribution in [2.24, 2.45) is 0 Å². The van der Waals surface area contributed by atoms with Crippen LogP contribution in [0.25, 0.3) is 0 Å². The highest BCUT2D eigenvalue weighted by Gasteiger charge is 2.00. The summed E-state index contributed by atoms with van der Waals surface area (Å²) in [6.07, 6.45) is 0.762. The molecule has 0 radical (unpaired) electrons. The van der Waals surface area contributed by atoms with Crippen molar-refractivity contribution in [3.05, 3.63) is 35.9 Å². The Morgan fingerprint density at radius 3 is 2.67 bits per heavy atom. The fraction of sp³-hybridized carbons (Fsp3) is 0.500. The molecule has 3 nitrogen and oxygen atoms in total. The molecule has 1 rings (SSSR count). The monoisotopic (exact) mass is 210 g/mol. The average Bonchev–Trinajstić information content (AvgIpc) is 2.29. The first-order valence-electron chi connectivity index (χ1n) is 5.15. The van der Waals surface area contributed by atoms with Crippen LogP contribution in [-0.2, 0) is 16.1 Å². The van der Waals surface area contributed by atoms with Gasteiger partial charge in [-0.15, -0.1) is 0 Å². The van der Waals surface area contributed by atoms with E-state index in [-0.39, 0.29) is 0 Å². The van der Waals surface area contributed by atoms with Crippen LogP contribution in [0.2, 0.25) is 0 Å². The number of benzene rings is 1. The molecule has 0 saturated heterocycles. The van der Waals surface area contributed by atoms with Crippen LogP contribution in [0.15, 0.2) is 30.3 Å². The van der Waals surface area contributed by atoms with Gasteiger partial charge in [-0.25, -0.2) is 0 Å². The number of aliphatic hydroxyl groups excluding tert-OH is 1. The van der Waals surface area contributed by atoms with Gasteiger partial charge in [0.1, 0.15) is 0 Å². The van der Waals surface area contributed by atoms with Crippen LogP contribution in [0.1, 0.15) is 18.4 Å². The second kappa shape index (κ2) is 7.40. The van der Waals surface area contributed by atoms with E-state index >= 15 is 0 Å². The second-order valence-corrected chi connectivity index (χ2v) is 3.37. The molecule has 1 atom stereocenters. The maximum Gasteiger partial charge on any atom is 0.154 e. The summed E-state index contributed by atoms with van der Waals surface area (Å²) in [5.41, 5.74) is 1.17. The SMILES string of the molecule is COC(O)CCCOCc1ccccc1. The lowest BCUT2D eigenvalue weighted by molar-refractivity contribution is -0.0822. The number of hydrogen-bond acceptors (Lipinski definition) is 3. The zero-order chi connectivity index (χ0) is 10.9. The molecule has 0 saturated carbocycles. The number of ether oxygens (including phenoxy) is 2. The first kappa shape index (κ1) is 12.2. The van der Waals surface area contributed by atoms with Crippen molar-refractivity contribution in [3.63, 3.8) is 0 Å². The minimum absolute atomic E-state index is 0.616. The maximum atomic E-state index is 9.10. The summed E-state index contributed by atoms with van der Waals surface area (Å²) in [5.74, 6) is 0. The summed E-state index contributed by atoms with van der Waals surface area (Å²) in [4.78, 5) is 0. The molecule has 0 aromatic heterocycles. The van der Waals surface area contributed by atoms with Gasteiger partial charge in [-0.2, -0.15) is 0 Å². The van der Waals surface area contributed by atoms with Gasteiger partial charge in [0, 0.05) is 20.1 Å². The Morgan fingerprint density at radius 1 is 1.27 bits per heavy atom. The van der Waals surface area contributed by atoms with E-state index in [1.54, 1.807) is 0 Å². The van der Waals surface area contributed by atoms with Crippen molar-refractivity contribution < 1.29 is 14.6 Å². The number of hydrogen-bond donors (Lipinski definition) is 1. The Bertz CT molecular complexity index is 248. The zero-order valence-electron chi connectivity index (χ0n) is 9.06. The minimum atomic E-state index is -0.662. The van der Waals surface area contributed by atoms with Crippen molar-refractivity contribution in [3.8, 4) is 0 Å². The van der Waals surface area contributed by atoms with Crippen LogP contribution in [0.4, 0.5) is 0 Å². The molecule has 1 aromatic rings. The van der Waals surface area contributed by atoms with Gasteiger partial charge >= 0.3 is 0 Å². The molecular weight excluding hydrogens is 192 g/mol. The van der Waals surface area contributed by atoms with Gasteiger partial charge < -0.3 is 14.6 Å². The predicted molar refractivity (Wildman–Crippen MR) is 58.3 cm³/mol. The molecular formula is C12H18O3. The summed E-state index contributed by atoms with van der Waals surface area (Å²) in [5, 5.41) is 9.10. The largest absolute Gasteiger partial charge is 0.377 e. The molecule has 0 spiro atoms. The molecule has 0 aliphatic heterocycles. The fourth-order valence-corrected chi connectivity index (χ4v) is 1.24. The fourth-order valence-electron chi connectivity index (χ4n) is 1.24. The Morgan fingerprint density at radius 2 is 2.00 bits per heavy atom.